The van der Waals surface area contributed by atoms with Crippen molar-refractivity contribution in [2.45, 2.75) is 19.5 Å². The van der Waals surface area contributed by atoms with E-state index in [1.807, 2.05) is 29.8 Å². The highest BCUT2D eigenvalue weighted by Crippen LogP contribution is 2.31. The van der Waals surface area contributed by atoms with Crippen molar-refractivity contribution in [2.75, 3.05) is 18.4 Å². The Kier molecular flexibility index (Phi) is 4.26. The van der Waals surface area contributed by atoms with Crippen molar-refractivity contribution in [1.29, 1.82) is 0 Å². The number of nitrogens with zero attached hydrogens (tertiary/aromatic N) is 3. The van der Waals surface area contributed by atoms with Crippen LogP contribution in [0.5, 0.6) is 0 Å². The fourth-order valence-electron chi connectivity index (χ4n) is 3.92. The number of aromatic nitrogens is 3. The summed E-state index contributed by atoms with van der Waals surface area (Å²) < 4.78 is 2.26. The summed E-state index contributed by atoms with van der Waals surface area (Å²) in [4.78, 5) is 22.7. The molecule has 0 unspecified atom stereocenters. The van der Waals surface area contributed by atoms with Crippen LogP contribution in [0.2, 0.25) is 0 Å². The Labute approximate surface area is 166 Å². The molecule has 5 rings (SSSR count). The number of aromatic amines is 1. The topological polar surface area (TPSA) is 66.0 Å². The van der Waals surface area contributed by atoms with Gasteiger partial charge in [0.05, 0.1) is 12.2 Å². The number of fused-ring (bicyclic) bond motifs is 2. The summed E-state index contributed by atoms with van der Waals surface area (Å²) in [5, 5.41) is 6.73. The average molecular weight is 392 g/mol. The van der Waals surface area contributed by atoms with E-state index in [0.717, 1.165) is 35.2 Å². The Morgan fingerprint density at radius 1 is 1.29 bits per heavy atom. The number of nitrogens with one attached hydrogen (secondary N) is 2. The summed E-state index contributed by atoms with van der Waals surface area (Å²) in [6.07, 6.45) is 4.07. The minimum atomic E-state index is -0.0216. The lowest BCUT2D eigenvalue weighted by Gasteiger charge is -2.34. The van der Waals surface area contributed by atoms with E-state index in [1.165, 1.54) is 17.0 Å². The molecule has 1 amide bonds. The number of anilines is 1. The molecule has 0 bridgehead atoms. The third kappa shape index (κ3) is 3.02. The van der Waals surface area contributed by atoms with Crippen LogP contribution in [0.4, 0.5) is 5.13 Å². The van der Waals surface area contributed by atoms with Crippen LogP contribution in [0.15, 0.2) is 54.2 Å². The molecule has 2 N–H and O–H groups in total. The molecule has 1 atom stereocenters. The van der Waals surface area contributed by atoms with Crippen LogP contribution in [-0.4, -0.2) is 38.4 Å². The summed E-state index contributed by atoms with van der Waals surface area (Å²) in [5.74, 6) is -0.0216. The van der Waals surface area contributed by atoms with Gasteiger partial charge in [-0.2, -0.15) is 0 Å². The Morgan fingerprint density at radius 2 is 2.18 bits per heavy atom. The Morgan fingerprint density at radius 3 is 3.11 bits per heavy atom. The maximum absolute atomic E-state index is 12.6. The van der Waals surface area contributed by atoms with Crippen molar-refractivity contribution in [3.63, 3.8) is 0 Å². The molecular weight excluding hydrogens is 370 g/mol. The van der Waals surface area contributed by atoms with Gasteiger partial charge in [-0.3, -0.25) is 9.69 Å². The Hall–Kier alpha value is -2.90. The molecule has 1 aliphatic heterocycles. The molecule has 6 nitrogen and oxygen atoms in total. The first-order valence-corrected chi connectivity index (χ1v) is 10.3. The molecule has 3 aromatic heterocycles. The number of thiazole rings is 1. The predicted octanol–water partition coefficient (Wildman–Crippen LogP) is 4.11. The second-order valence-corrected chi connectivity index (χ2v) is 7.97. The number of H-pyrrole nitrogens is 1. The SMILES string of the molecule is C[C@@H]1c2cccn2CCN1CC(=O)Nc1nc(-c2c[nH]c3ccccc23)cs1. The van der Waals surface area contributed by atoms with Gasteiger partial charge in [-0.25, -0.2) is 4.98 Å². The van der Waals surface area contributed by atoms with E-state index in [0.29, 0.717) is 11.7 Å². The van der Waals surface area contributed by atoms with E-state index in [1.54, 1.807) is 0 Å². The van der Waals surface area contributed by atoms with E-state index in [2.05, 4.69) is 56.1 Å². The third-order valence-corrected chi connectivity index (χ3v) is 6.19. The average Bonchev–Trinajstić information content (AvgIpc) is 3.43. The molecule has 7 heteroatoms. The van der Waals surface area contributed by atoms with Crippen LogP contribution in [0.25, 0.3) is 22.2 Å². The minimum Gasteiger partial charge on any atom is -0.360 e. The highest BCUT2D eigenvalue weighted by Gasteiger charge is 2.25. The van der Waals surface area contributed by atoms with E-state index < -0.39 is 0 Å². The fourth-order valence-corrected chi connectivity index (χ4v) is 4.65. The molecule has 28 heavy (non-hydrogen) atoms. The first-order chi connectivity index (χ1) is 13.7. The molecule has 0 saturated heterocycles. The van der Waals surface area contributed by atoms with Gasteiger partial charge in [-0.05, 0) is 25.1 Å². The number of para-hydroxylation sites is 1. The second kappa shape index (κ2) is 6.92. The lowest BCUT2D eigenvalue weighted by molar-refractivity contribution is -0.118. The summed E-state index contributed by atoms with van der Waals surface area (Å²) in [5.41, 5.74) is 4.27. The van der Waals surface area contributed by atoms with Crippen LogP contribution in [0, 0.1) is 0 Å². The minimum absolute atomic E-state index is 0.0216. The summed E-state index contributed by atoms with van der Waals surface area (Å²) in [6.45, 7) is 4.31. The van der Waals surface area contributed by atoms with E-state index in [9.17, 15) is 4.79 Å². The molecular formula is C21H21N5OS. The Bertz CT molecular complexity index is 1140. The fraction of sp³-hybridized carbons (Fsp3) is 0.238. The molecule has 142 valence electrons. The van der Waals surface area contributed by atoms with E-state index in [-0.39, 0.29) is 11.9 Å². The van der Waals surface area contributed by atoms with Crippen LogP contribution in [0.3, 0.4) is 0 Å². The zero-order valence-electron chi connectivity index (χ0n) is 15.6. The summed E-state index contributed by atoms with van der Waals surface area (Å²) >= 11 is 1.46. The largest absolute Gasteiger partial charge is 0.360 e. The zero-order valence-corrected chi connectivity index (χ0v) is 16.4. The van der Waals surface area contributed by atoms with Crippen molar-refractivity contribution in [1.82, 2.24) is 19.4 Å². The van der Waals surface area contributed by atoms with Crippen LogP contribution in [0.1, 0.15) is 18.7 Å². The van der Waals surface area contributed by atoms with Gasteiger partial charge in [0.2, 0.25) is 5.91 Å². The quantitative estimate of drug-likeness (QED) is 0.550. The van der Waals surface area contributed by atoms with Crippen molar-refractivity contribution in [3.05, 3.63) is 59.9 Å². The number of carbonyl (C=O) groups is 1. The Balaban J connectivity index is 1.28. The predicted molar refractivity (Wildman–Crippen MR) is 112 cm³/mol. The normalized spacial score (nSPS) is 17.0. The molecule has 1 aliphatic rings. The van der Waals surface area contributed by atoms with Gasteiger partial charge in [0.15, 0.2) is 5.13 Å². The van der Waals surface area contributed by atoms with Crippen molar-refractivity contribution < 1.29 is 4.79 Å². The van der Waals surface area contributed by atoms with Crippen molar-refractivity contribution >= 4 is 33.3 Å². The van der Waals surface area contributed by atoms with E-state index in [4.69, 9.17) is 0 Å². The number of hydrogen-bond acceptors (Lipinski definition) is 4. The maximum Gasteiger partial charge on any atom is 0.240 e. The first-order valence-electron chi connectivity index (χ1n) is 9.40. The van der Waals surface area contributed by atoms with Crippen molar-refractivity contribution in [3.8, 4) is 11.3 Å². The highest BCUT2D eigenvalue weighted by atomic mass is 32.1. The first kappa shape index (κ1) is 17.2. The number of amides is 1. The standard InChI is InChI=1S/C21H21N5OS/c1-14-19-7-4-8-25(19)9-10-26(14)12-20(27)24-21-23-18(13-28-21)16-11-22-17-6-3-2-5-15(16)17/h2-8,11,13-14,22H,9-10,12H2,1H3,(H,23,24,27)/t14-/m1/s1. The molecule has 1 aromatic carbocycles. The number of rotatable bonds is 4. The lowest BCUT2D eigenvalue weighted by atomic mass is 10.1. The van der Waals surface area contributed by atoms with Gasteiger partial charge in [-0.15, -0.1) is 11.3 Å². The van der Waals surface area contributed by atoms with Crippen molar-refractivity contribution in [2.24, 2.45) is 0 Å². The second-order valence-electron chi connectivity index (χ2n) is 7.11. The van der Waals surface area contributed by atoms with Gasteiger partial charge in [0.25, 0.3) is 0 Å². The molecule has 4 aromatic rings. The maximum atomic E-state index is 12.6. The summed E-state index contributed by atoms with van der Waals surface area (Å²) in [7, 11) is 0. The van der Waals surface area contributed by atoms with Crippen LogP contribution >= 0.6 is 11.3 Å². The van der Waals surface area contributed by atoms with Gasteiger partial charge < -0.3 is 14.9 Å². The molecule has 0 saturated carbocycles. The smallest absolute Gasteiger partial charge is 0.240 e. The molecule has 0 aliphatic carbocycles. The van der Waals surface area contributed by atoms with Gasteiger partial charge in [0, 0.05) is 59.1 Å². The molecule has 0 radical (unpaired) electrons. The lowest BCUT2D eigenvalue weighted by Crippen LogP contribution is -2.41. The van der Waals surface area contributed by atoms with E-state index >= 15 is 0 Å². The van der Waals surface area contributed by atoms with Gasteiger partial charge >= 0.3 is 0 Å². The zero-order chi connectivity index (χ0) is 19.1. The number of hydrogen-bond donors (Lipinski definition) is 2. The van der Waals surface area contributed by atoms with Crippen LogP contribution in [-0.2, 0) is 11.3 Å². The molecule has 4 heterocycles. The third-order valence-electron chi connectivity index (χ3n) is 5.43. The van der Waals surface area contributed by atoms with Gasteiger partial charge in [-0.1, -0.05) is 18.2 Å². The van der Waals surface area contributed by atoms with Gasteiger partial charge in [0.1, 0.15) is 0 Å². The number of benzene rings is 1. The highest BCUT2D eigenvalue weighted by molar-refractivity contribution is 7.14. The monoisotopic (exact) mass is 391 g/mol. The van der Waals surface area contributed by atoms with Crippen LogP contribution < -0.4 is 5.32 Å². The molecule has 0 fully saturated rings. The molecule has 0 spiro atoms. The summed E-state index contributed by atoms with van der Waals surface area (Å²) in [6, 6.07) is 12.6. The number of carbonyl (C=O) groups excluding carboxylic acids is 1.